The van der Waals surface area contributed by atoms with Crippen molar-refractivity contribution in [1.29, 1.82) is 5.26 Å². The number of aromatic amines is 1. The van der Waals surface area contributed by atoms with Crippen LogP contribution < -0.4 is 21.8 Å². The zero-order valence-electron chi connectivity index (χ0n) is 14.9. The van der Waals surface area contributed by atoms with Crippen LogP contribution in [0, 0.1) is 11.3 Å². The molecule has 28 heavy (non-hydrogen) atoms. The van der Waals surface area contributed by atoms with Gasteiger partial charge in [-0.3, -0.25) is 9.78 Å². The molecule has 0 radical (unpaired) electrons. The van der Waals surface area contributed by atoms with E-state index in [-0.39, 0.29) is 18.1 Å². The van der Waals surface area contributed by atoms with E-state index in [0.29, 0.717) is 4.68 Å². The number of hydrogen-bond acceptors (Lipinski definition) is 9. The Morgan fingerprint density at radius 3 is 2.29 bits per heavy atom. The van der Waals surface area contributed by atoms with Crippen LogP contribution in [0.25, 0.3) is 5.69 Å². The predicted molar refractivity (Wildman–Crippen MR) is 102 cm³/mol. The van der Waals surface area contributed by atoms with Gasteiger partial charge in [0.15, 0.2) is 22.9 Å². The molecule has 0 saturated carbocycles. The van der Waals surface area contributed by atoms with Gasteiger partial charge in [-0.05, 0) is 0 Å². The first-order chi connectivity index (χ1) is 13.3. The van der Waals surface area contributed by atoms with E-state index < -0.39 is 44.2 Å². The molecule has 0 amide bonds. The van der Waals surface area contributed by atoms with Crippen LogP contribution in [0.5, 0.6) is 17.2 Å². The number of nitrogens with zero attached hydrogens (tertiary/aromatic N) is 4. The summed E-state index contributed by atoms with van der Waals surface area (Å²) in [5, 5.41) is 35.2. The first-order valence-electron chi connectivity index (χ1n) is 7.78. The van der Waals surface area contributed by atoms with E-state index in [4.69, 9.17) is 39.0 Å². The van der Waals surface area contributed by atoms with E-state index in [9.17, 15) is 19.8 Å². The molecule has 0 spiro atoms. The quantitative estimate of drug-likeness (QED) is 0.245. The average Bonchev–Trinajstić information content (AvgIpc) is 2.70. The Labute approximate surface area is 168 Å². The highest BCUT2D eigenvalue weighted by Crippen LogP contribution is 2.49. The van der Waals surface area contributed by atoms with E-state index in [1.54, 1.807) is 11.9 Å². The Bertz CT molecular complexity index is 1040. The highest BCUT2D eigenvalue weighted by molar-refractivity contribution is 6.39. The highest BCUT2D eigenvalue weighted by Gasteiger charge is 2.27. The Morgan fingerprint density at radius 2 is 1.86 bits per heavy atom. The van der Waals surface area contributed by atoms with E-state index in [1.165, 1.54) is 6.07 Å². The standard InChI is InChI=1S/C13H10Cl2N6O5.C2H6/c1-2-5(19-17)26-11-6(14)9(22)8(10(23)7(11)15)21-13(25)18-12(24)4(3-16)20-21;1-2/h22-23H,2,17H2,1H3,(H,18,24,25);1-2H3/b19-5+;. The molecular weight excluding hydrogens is 415 g/mol. The molecule has 0 bridgehead atoms. The number of hydrogen-bond donors (Lipinski definition) is 4. The van der Waals surface area contributed by atoms with Crippen molar-refractivity contribution in [3.05, 3.63) is 36.6 Å². The van der Waals surface area contributed by atoms with Gasteiger partial charge in [0.1, 0.15) is 16.1 Å². The van der Waals surface area contributed by atoms with Crippen molar-refractivity contribution in [2.75, 3.05) is 0 Å². The molecule has 1 aromatic heterocycles. The first-order valence-corrected chi connectivity index (χ1v) is 8.53. The van der Waals surface area contributed by atoms with Gasteiger partial charge in [-0.1, -0.05) is 44.0 Å². The summed E-state index contributed by atoms with van der Waals surface area (Å²) in [6, 6.07) is 1.46. The molecule has 0 aliphatic rings. The third-order valence-electron chi connectivity index (χ3n) is 3.08. The maximum atomic E-state index is 12.0. The van der Waals surface area contributed by atoms with E-state index in [1.807, 2.05) is 13.8 Å². The van der Waals surface area contributed by atoms with Crippen molar-refractivity contribution in [1.82, 2.24) is 14.8 Å². The molecular formula is C15H16Cl2N6O5. The molecule has 11 nitrogen and oxygen atoms in total. The molecule has 2 rings (SSSR count). The molecule has 0 saturated heterocycles. The first kappa shape index (κ1) is 22.8. The van der Waals surface area contributed by atoms with Crippen LogP contribution in [0.3, 0.4) is 0 Å². The van der Waals surface area contributed by atoms with Crippen LogP contribution >= 0.6 is 23.2 Å². The molecule has 13 heteroatoms. The lowest BCUT2D eigenvalue weighted by atomic mass is 10.2. The van der Waals surface area contributed by atoms with Gasteiger partial charge in [0.25, 0.3) is 5.56 Å². The molecule has 0 unspecified atom stereocenters. The molecule has 0 atom stereocenters. The summed E-state index contributed by atoms with van der Waals surface area (Å²) < 4.78 is 5.61. The van der Waals surface area contributed by atoms with Gasteiger partial charge >= 0.3 is 5.69 Å². The van der Waals surface area contributed by atoms with Gasteiger partial charge < -0.3 is 20.8 Å². The Kier molecular flexibility index (Phi) is 7.85. The minimum Gasteiger partial charge on any atom is -0.504 e. The summed E-state index contributed by atoms with van der Waals surface area (Å²) in [6.07, 6.45) is 0.249. The maximum Gasteiger partial charge on any atom is 0.349 e. The minimum absolute atomic E-state index is 0.00792. The van der Waals surface area contributed by atoms with E-state index in [0.717, 1.165) is 0 Å². The van der Waals surface area contributed by atoms with Gasteiger partial charge in [-0.15, -0.1) is 10.2 Å². The molecule has 0 aliphatic heterocycles. The van der Waals surface area contributed by atoms with Crippen molar-refractivity contribution >= 4 is 29.1 Å². The van der Waals surface area contributed by atoms with Crippen molar-refractivity contribution in [2.24, 2.45) is 10.9 Å². The maximum absolute atomic E-state index is 12.0. The summed E-state index contributed by atoms with van der Waals surface area (Å²) in [4.78, 5) is 25.2. The van der Waals surface area contributed by atoms with Crippen molar-refractivity contribution < 1.29 is 14.9 Å². The lowest BCUT2D eigenvalue weighted by molar-refractivity contribution is 0.431. The SMILES string of the molecule is CC.CC/C(=N\N)Oc1c(Cl)c(O)c(-n2nc(C#N)c(=O)[nH]c2=O)c(O)c1Cl. The second kappa shape index (κ2) is 9.63. The number of phenolic OH excluding ortho intramolecular Hbond substituents is 2. The highest BCUT2D eigenvalue weighted by atomic mass is 35.5. The largest absolute Gasteiger partial charge is 0.504 e. The lowest BCUT2D eigenvalue weighted by Crippen LogP contribution is -2.33. The van der Waals surface area contributed by atoms with Gasteiger partial charge in [0.2, 0.25) is 11.6 Å². The Morgan fingerprint density at radius 1 is 1.32 bits per heavy atom. The number of halogens is 2. The normalized spacial score (nSPS) is 10.6. The number of aromatic hydroxyl groups is 2. The van der Waals surface area contributed by atoms with Crippen molar-refractivity contribution in [3.63, 3.8) is 0 Å². The zero-order valence-corrected chi connectivity index (χ0v) is 16.5. The molecule has 0 aliphatic carbocycles. The van der Waals surface area contributed by atoms with Crippen LogP contribution in [0.2, 0.25) is 10.0 Å². The summed E-state index contributed by atoms with van der Waals surface area (Å²) in [5.74, 6) is 3.06. The van der Waals surface area contributed by atoms with Crippen molar-refractivity contribution in [2.45, 2.75) is 27.2 Å². The summed E-state index contributed by atoms with van der Waals surface area (Å²) in [5.41, 5.74) is -3.55. The monoisotopic (exact) mass is 430 g/mol. The van der Waals surface area contributed by atoms with Crippen LogP contribution in [0.1, 0.15) is 32.9 Å². The molecule has 5 N–H and O–H groups in total. The molecule has 2 aromatic rings. The fraction of sp³-hybridized carbons (Fsp3) is 0.267. The van der Waals surface area contributed by atoms with Gasteiger partial charge in [-0.25, -0.2) is 4.79 Å². The molecule has 150 valence electrons. The third-order valence-corrected chi connectivity index (χ3v) is 3.78. The van der Waals surface area contributed by atoms with E-state index in [2.05, 4.69) is 10.2 Å². The fourth-order valence-electron chi connectivity index (χ4n) is 1.85. The van der Waals surface area contributed by atoms with Gasteiger partial charge in [0, 0.05) is 6.42 Å². The summed E-state index contributed by atoms with van der Waals surface area (Å²) >= 11 is 12.0. The topological polar surface area (TPSA) is 180 Å². The number of nitriles is 1. The zero-order chi connectivity index (χ0) is 21.6. The van der Waals surface area contributed by atoms with Crippen LogP contribution in [-0.4, -0.2) is 30.9 Å². The van der Waals surface area contributed by atoms with Gasteiger partial charge in [-0.2, -0.15) is 9.94 Å². The fourth-order valence-corrected chi connectivity index (χ4v) is 2.35. The van der Waals surface area contributed by atoms with Crippen LogP contribution in [0.4, 0.5) is 0 Å². The molecule has 0 fully saturated rings. The molecule has 1 heterocycles. The number of phenols is 2. The number of nitrogens with one attached hydrogen (secondary N) is 1. The number of aromatic nitrogens is 3. The Hall–Kier alpha value is -3.23. The van der Waals surface area contributed by atoms with E-state index >= 15 is 0 Å². The van der Waals surface area contributed by atoms with Crippen LogP contribution in [0.15, 0.2) is 14.7 Å². The number of H-pyrrole nitrogens is 1. The number of ether oxygens (including phenoxy) is 1. The third kappa shape index (κ3) is 4.19. The van der Waals surface area contributed by atoms with Crippen molar-refractivity contribution in [3.8, 4) is 29.0 Å². The molecule has 1 aromatic carbocycles. The number of nitrogens with two attached hydrogens (primary N) is 1. The predicted octanol–water partition coefficient (Wildman–Crippen LogP) is 1.60. The summed E-state index contributed by atoms with van der Waals surface area (Å²) in [7, 11) is 0. The lowest BCUT2D eigenvalue weighted by Gasteiger charge is -2.16. The Balaban J connectivity index is 0.00000190. The summed E-state index contributed by atoms with van der Waals surface area (Å²) in [6.45, 7) is 5.66. The smallest absolute Gasteiger partial charge is 0.349 e. The second-order valence-corrected chi connectivity index (χ2v) is 5.37. The van der Waals surface area contributed by atoms with Crippen LogP contribution in [-0.2, 0) is 0 Å². The average molecular weight is 431 g/mol. The number of hydrazone groups is 1. The van der Waals surface area contributed by atoms with Gasteiger partial charge in [0.05, 0.1) is 0 Å². The number of rotatable bonds is 3. The second-order valence-electron chi connectivity index (χ2n) is 4.61. The number of benzene rings is 1. The minimum atomic E-state index is -1.15.